The van der Waals surface area contributed by atoms with Gasteiger partial charge in [0.1, 0.15) is 6.54 Å². The third-order valence-corrected chi connectivity index (χ3v) is 4.59. The van der Waals surface area contributed by atoms with E-state index in [-0.39, 0.29) is 12.5 Å². The second-order valence-corrected chi connectivity index (χ2v) is 6.64. The fourth-order valence-electron chi connectivity index (χ4n) is 2.65. The lowest BCUT2D eigenvalue weighted by molar-refractivity contribution is -0.116. The number of ether oxygens (including phenoxy) is 1. The lowest BCUT2D eigenvalue weighted by Gasteiger charge is -2.02. The van der Waals surface area contributed by atoms with Gasteiger partial charge < -0.3 is 10.1 Å². The van der Waals surface area contributed by atoms with Crippen molar-refractivity contribution in [3.63, 3.8) is 0 Å². The predicted octanol–water partition coefficient (Wildman–Crippen LogP) is 2.98. The molecule has 1 aliphatic rings. The summed E-state index contributed by atoms with van der Waals surface area (Å²) in [5, 5.41) is 9.48. The van der Waals surface area contributed by atoms with E-state index in [9.17, 15) is 4.79 Å². The van der Waals surface area contributed by atoms with Gasteiger partial charge in [0, 0.05) is 17.1 Å². The molecule has 4 rings (SSSR count). The summed E-state index contributed by atoms with van der Waals surface area (Å²) in [6.07, 6.45) is 3.56. The van der Waals surface area contributed by atoms with E-state index in [2.05, 4.69) is 27.5 Å². The number of anilines is 1. The van der Waals surface area contributed by atoms with Crippen LogP contribution in [0.1, 0.15) is 16.7 Å². The molecule has 7 heteroatoms. The van der Waals surface area contributed by atoms with E-state index in [0.29, 0.717) is 18.3 Å². The summed E-state index contributed by atoms with van der Waals surface area (Å²) in [5.74, 6) is -0.138. The second-order valence-electron chi connectivity index (χ2n) is 5.78. The van der Waals surface area contributed by atoms with Crippen molar-refractivity contribution in [1.29, 1.82) is 0 Å². The van der Waals surface area contributed by atoms with Crippen LogP contribution < -0.4 is 5.32 Å². The Morgan fingerprint density at radius 2 is 2.25 bits per heavy atom. The number of carbonyl (C=O) groups is 1. The van der Waals surface area contributed by atoms with Crippen LogP contribution in [0.4, 0.5) is 5.13 Å². The Labute approximate surface area is 143 Å². The summed E-state index contributed by atoms with van der Waals surface area (Å²) in [7, 11) is 0. The summed E-state index contributed by atoms with van der Waals surface area (Å²) < 4.78 is 7.05. The van der Waals surface area contributed by atoms with Gasteiger partial charge in [-0.3, -0.25) is 9.48 Å². The Morgan fingerprint density at radius 3 is 3.08 bits per heavy atom. The Balaban J connectivity index is 1.45. The van der Waals surface area contributed by atoms with E-state index in [4.69, 9.17) is 4.74 Å². The molecule has 122 valence electrons. The number of hydrogen-bond donors (Lipinski definition) is 1. The molecule has 3 heterocycles. The Bertz CT molecular complexity index is 900. The maximum absolute atomic E-state index is 12.1. The van der Waals surface area contributed by atoms with Gasteiger partial charge in [0.05, 0.1) is 25.1 Å². The summed E-state index contributed by atoms with van der Waals surface area (Å²) in [6, 6.07) is 6.23. The fraction of sp³-hybridized carbons (Fsp3) is 0.235. The average molecular weight is 340 g/mol. The van der Waals surface area contributed by atoms with Crippen LogP contribution in [0.15, 0.2) is 36.0 Å². The quantitative estimate of drug-likeness (QED) is 0.793. The fourth-order valence-corrected chi connectivity index (χ4v) is 3.39. The Morgan fingerprint density at radius 1 is 1.38 bits per heavy atom. The van der Waals surface area contributed by atoms with Gasteiger partial charge in [0.15, 0.2) is 5.13 Å². The van der Waals surface area contributed by atoms with Crippen molar-refractivity contribution in [3.8, 4) is 11.3 Å². The van der Waals surface area contributed by atoms with Gasteiger partial charge in [-0.25, -0.2) is 4.98 Å². The number of thiazole rings is 1. The first-order valence-corrected chi connectivity index (χ1v) is 8.50. The minimum atomic E-state index is -0.138. The molecular formula is C17H16N4O2S. The number of benzene rings is 1. The van der Waals surface area contributed by atoms with Crippen LogP contribution >= 0.6 is 11.3 Å². The Kier molecular flexibility index (Phi) is 3.87. The van der Waals surface area contributed by atoms with Crippen LogP contribution in [0.3, 0.4) is 0 Å². The average Bonchev–Trinajstić information content (AvgIpc) is 3.27. The van der Waals surface area contributed by atoms with Crippen molar-refractivity contribution < 1.29 is 9.53 Å². The predicted molar refractivity (Wildman–Crippen MR) is 91.6 cm³/mol. The molecule has 0 atom stereocenters. The molecule has 0 saturated carbocycles. The number of aryl methyl sites for hydroxylation is 1. The molecule has 0 aliphatic carbocycles. The largest absolute Gasteiger partial charge is 0.372 e. The highest BCUT2D eigenvalue weighted by molar-refractivity contribution is 7.14. The molecule has 0 radical (unpaired) electrons. The van der Waals surface area contributed by atoms with Gasteiger partial charge >= 0.3 is 0 Å². The molecule has 0 bridgehead atoms. The van der Waals surface area contributed by atoms with E-state index in [1.807, 2.05) is 24.6 Å². The minimum Gasteiger partial charge on any atom is -0.372 e. The van der Waals surface area contributed by atoms with Crippen molar-refractivity contribution in [1.82, 2.24) is 14.8 Å². The smallest absolute Gasteiger partial charge is 0.247 e. The van der Waals surface area contributed by atoms with E-state index in [0.717, 1.165) is 16.8 Å². The SMILES string of the molecule is Cc1cnn(CC(=O)Nc2nc(-c3ccc4c(c3)COC4)cs2)c1. The maximum atomic E-state index is 12.1. The highest BCUT2D eigenvalue weighted by atomic mass is 32.1. The molecule has 0 spiro atoms. The van der Waals surface area contributed by atoms with Gasteiger partial charge in [0.25, 0.3) is 0 Å². The molecule has 24 heavy (non-hydrogen) atoms. The monoisotopic (exact) mass is 340 g/mol. The minimum absolute atomic E-state index is 0.138. The van der Waals surface area contributed by atoms with E-state index >= 15 is 0 Å². The van der Waals surface area contributed by atoms with Gasteiger partial charge in [0.2, 0.25) is 5.91 Å². The number of aromatic nitrogens is 3. The van der Waals surface area contributed by atoms with E-state index < -0.39 is 0 Å². The summed E-state index contributed by atoms with van der Waals surface area (Å²) >= 11 is 1.42. The lowest BCUT2D eigenvalue weighted by Crippen LogP contribution is -2.18. The van der Waals surface area contributed by atoms with Crippen molar-refractivity contribution >= 4 is 22.4 Å². The van der Waals surface area contributed by atoms with Crippen LogP contribution in [0.2, 0.25) is 0 Å². The number of rotatable bonds is 4. The molecule has 0 fully saturated rings. The van der Waals surface area contributed by atoms with Crippen LogP contribution in [-0.2, 0) is 29.3 Å². The molecular weight excluding hydrogens is 324 g/mol. The van der Waals surface area contributed by atoms with Crippen LogP contribution in [0, 0.1) is 6.92 Å². The van der Waals surface area contributed by atoms with Gasteiger partial charge in [-0.2, -0.15) is 5.10 Å². The zero-order valence-electron chi connectivity index (χ0n) is 13.2. The summed E-state index contributed by atoms with van der Waals surface area (Å²) in [6.45, 7) is 3.45. The van der Waals surface area contributed by atoms with Crippen molar-refractivity contribution in [2.75, 3.05) is 5.32 Å². The number of nitrogens with zero attached hydrogens (tertiary/aromatic N) is 3. The second kappa shape index (κ2) is 6.18. The third-order valence-electron chi connectivity index (χ3n) is 3.84. The molecule has 0 saturated heterocycles. The zero-order chi connectivity index (χ0) is 16.5. The number of carbonyl (C=O) groups excluding carboxylic acids is 1. The maximum Gasteiger partial charge on any atom is 0.247 e. The summed E-state index contributed by atoms with van der Waals surface area (Å²) in [4.78, 5) is 16.6. The highest BCUT2D eigenvalue weighted by Gasteiger charge is 2.14. The summed E-state index contributed by atoms with van der Waals surface area (Å²) in [5.41, 5.74) is 5.37. The van der Waals surface area contributed by atoms with Gasteiger partial charge in [-0.05, 0) is 29.7 Å². The lowest BCUT2D eigenvalue weighted by atomic mass is 10.1. The molecule has 3 aromatic rings. The zero-order valence-corrected chi connectivity index (χ0v) is 14.0. The normalized spacial score (nSPS) is 13.0. The number of hydrogen-bond acceptors (Lipinski definition) is 5. The third kappa shape index (κ3) is 3.08. The first-order valence-electron chi connectivity index (χ1n) is 7.62. The molecule has 1 aliphatic heterocycles. The molecule has 1 aromatic carbocycles. The highest BCUT2D eigenvalue weighted by Crippen LogP contribution is 2.29. The van der Waals surface area contributed by atoms with E-state index in [1.54, 1.807) is 10.9 Å². The van der Waals surface area contributed by atoms with Crippen molar-refractivity contribution in [3.05, 3.63) is 52.7 Å². The molecule has 1 N–H and O–H groups in total. The van der Waals surface area contributed by atoms with Crippen molar-refractivity contribution in [2.24, 2.45) is 0 Å². The molecule has 2 aromatic heterocycles. The Hall–Kier alpha value is -2.51. The van der Waals surface area contributed by atoms with Crippen LogP contribution in [0.25, 0.3) is 11.3 Å². The van der Waals surface area contributed by atoms with Crippen LogP contribution in [-0.4, -0.2) is 20.7 Å². The van der Waals surface area contributed by atoms with Crippen molar-refractivity contribution in [2.45, 2.75) is 26.7 Å². The number of fused-ring (bicyclic) bond motifs is 1. The topological polar surface area (TPSA) is 69.0 Å². The van der Waals surface area contributed by atoms with E-state index in [1.165, 1.54) is 22.5 Å². The standard InChI is InChI=1S/C17H16N4O2S/c1-11-5-18-21(6-11)7-16(22)20-17-19-15(10-24-17)12-2-3-13-8-23-9-14(13)4-12/h2-6,10H,7-9H2,1H3,(H,19,20,22). The molecule has 6 nitrogen and oxygen atoms in total. The first-order chi connectivity index (χ1) is 11.7. The van der Waals surface area contributed by atoms with Gasteiger partial charge in [-0.1, -0.05) is 12.1 Å². The molecule has 0 unspecified atom stereocenters. The number of nitrogens with one attached hydrogen (secondary N) is 1. The molecule has 1 amide bonds. The van der Waals surface area contributed by atoms with Gasteiger partial charge in [-0.15, -0.1) is 11.3 Å². The first kappa shape index (κ1) is 15.0. The van der Waals surface area contributed by atoms with Crippen LogP contribution in [0.5, 0.6) is 0 Å². The number of amides is 1.